The Morgan fingerprint density at radius 1 is 1.39 bits per heavy atom. The average molecular weight is 315 g/mol. The Labute approximate surface area is 114 Å². The molecule has 1 amide bonds. The summed E-state index contributed by atoms with van der Waals surface area (Å²) in [6.45, 7) is 2.92. The van der Waals surface area contributed by atoms with Crippen LogP contribution in [0.25, 0.3) is 0 Å². The molecule has 0 aliphatic carbocycles. The van der Waals surface area contributed by atoms with E-state index in [2.05, 4.69) is 15.9 Å². The van der Waals surface area contributed by atoms with E-state index in [-0.39, 0.29) is 5.56 Å². The summed E-state index contributed by atoms with van der Waals surface area (Å²) in [5.74, 6) is -1.50. The Morgan fingerprint density at radius 2 is 1.94 bits per heavy atom. The van der Waals surface area contributed by atoms with Crippen molar-refractivity contribution in [1.82, 2.24) is 4.90 Å². The van der Waals surface area contributed by atoms with Crippen LogP contribution in [0.15, 0.2) is 22.7 Å². The molecule has 1 aromatic carbocycles. The predicted molar refractivity (Wildman–Crippen MR) is 72.4 cm³/mol. The van der Waals surface area contributed by atoms with Gasteiger partial charge in [0.15, 0.2) is 0 Å². The van der Waals surface area contributed by atoms with Crippen LogP contribution in [-0.2, 0) is 4.79 Å². The Bertz CT molecular complexity index is 500. The minimum atomic E-state index is -1.30. The fourth-order valence-electron chi connectivity index (χ4n) is 1.31. The fraction of sp³-hybridized carbons (Fsp3) is 0.333. The molecule has 0 atom stereocenters. The molecular formula is C12H15BrN2O3. The van der Waals surface area contributed by atoms with Gasteiger partial charge in [-0.05, 0) is 32.0 Å². The molecule has 0 spiro atoms. The standard InChI is InChI=1S/C12H15BrN2O3/c1-12(2,11(17)18)15(3)10(16)8-5-4-7(13)6-9(8)14/h4-6H,14H2,1-3H3,(H,17,18). The minimum absolute atomic E-state index is 0.287. The number of aliphatic carboxylic acids is 1. The van der Waals surface area contributed by atoms with Gasteiger partial charge in [0, 0.05) is 17.2 Å². The van der Waals surface area contributed by atoms with E-state index in [9.17, 15) is 9.59 Å². The Hall–Kier alpha value is -1.56. The summed E-state index contributed by atoms with van der Waals surface area (Å²) in [7, 11) is 1.44. The molecule has 6 heteroatoms. The van der Waals surface area contributed by atoms with E-state index in [0.717, 1.165) is 9.37 Å². The van der Waals surface area contributed by atoms with Crippen molar-refractivity contribution in [2.45, 2.75) is 19.4 Å². The monoisotopic (exact) mass is 314 g/mol. The van der Waals surface area contributed by atoms with Crippen molar-refractivity contribution in [1.29, 1.82) is 0 Å². The topological polar surface area (TPSA) is 83.6 Å². The van der Waals surface area contributed by atoms with Gasteiger partial charge in [-0.15, -0.1) is 0 Å². The van der Waals surface area contributed by atoms with Crippen LogP contribution in [0.1, 0.15) is 24.2 Å². The number of amides is 1. The molecule has 0 saturated heterocycles. The number of carbonyl (C=O) groups is 2. The van der Waals surface area contributed by atoms with Crippen LogP contribution in [0.4, 0.5) is 5.69 Å². The highest BCUT2D eigenvalue weighted by atomic mass is 79.9. The normalized spacial score (nSPS) is 11.1. The number of carboxylic acids is 1. The van der Waals surface area contributed by atoms with Gasteiger partial charge in [-0.2, -0.15) is 0 Å². The number of anilines is 1. The van der Waals surface area contributed by atoms with Gasteiger partial charge in [-0.25, -0.2) is 4.79 Å². The second kappa shape index (κ2) is 4.97. The van der Waals surface area contributed by atoms with Crippen molar-refractivity contribution in [3.05, 3.63) is 28.2 Å². The number of halogens is 1. The summed E-state index contributed by atoms with van der Waals surface area (Å²) in [6, 6.07) is 4.86. The summed E-state index contributed by atoms with van der Waals surface area (Å²) in [5.41, 5.74) is 5.05. The van der Waals surface area contributed by atoms with Crippen LogP contribution in [0.5, 0.6) is 0 Å². The molecule has 0 aliphatic heterocycles. The van der Waals surface area contributed by atoms with E-state index in [1.165, 1.54) is 20.9 Å². The van der Waals surface area contributed by atoms with Crippen LogP contribution in [0, 0.1) is 0 Å². The number of hydrogen-bond acceptors (Lipinski definition) is 3. The van der Waals surface area contributed by atoms with Crippen LogP contribution in [0.3, 0.4) is 0 Å². The Balaban J connectivity index is 3.11. The Kier molecular flexibility index (Phi) is 4.01. The van der Waals surface area contributed by atoms with E-state index < -0.39 is 17.4 Å². The van der Waals surface area contributed by atoms with Crippen molar-refractivity contribution < 1.29 is 14.7 Å². The van der Waals surface area contributed by atoms with E-state index in [0.29, 0.717) is 5.69 Å². The molecule has 1 rings (SSSR count). The maximum Gasteiger partial charge on any atom is 0.329 e. The molecule has 3 N–H and O–H groups in total. The van der Waals surface area contributed by atoms with Crippen LogP contribution in [-0.4, -0.2) is 34.5 Å². The van der Waals surface area contributed by atoms with Gasteiger partial charge in [0.05, 0.1) is 5.56 Å². The minimum Gasteiger partial charge on any atom is -0.480 e. The molecule has 0 bridgehead atoms. The summed E-state index contributed by atoms with van der Waals surface area (Å²) >= 11 is 3.25. The molecule has 1 aromatic rings. The van der Waals surface area contributed by atoms with Crippen LogP contribution >= 0.6 is 15.9 Å². The molecule has 98 valence electrons. The third-order valence-corrected chi connectivity index (χ3v) is 3.40. The van der Waals surface area contributed by atoms with Crippen molar-refractivity contribution >= 4 is 33.5 Å². The number of carbonyl (C=O) groups excluding carboxylic acids is 1. The summed E-state index contributed by atoms with van der Waals surface area (Å²) in [4.78, 5) is 24.5. The molecule has 0 aliphatic rings. The lowest BCUT2D eigenvalue weighted by Crippen LogP contribution is -2.50. The van der Waals surface area contributed by atoms with Gasteiger partial charge in [-0.3, -0.25) is 4.79 Å². The number of hydrogen-bond donors (Lipinski definition) is 2. The first-order valence-corrected chi connectivity index (χ1v) is 6.03. The molecule has 0 saturated carbocycles. The van der Waals surface area contributed by atoms with Crippen LogP contribution in [0.2, 0.25) is 0 Å². The van der Waals surface area contributed by atoms with Gasteiger partial charge < -0.3 is 15.7 Å². The largest absolute Gasteiger partial charge is 0.480 e. The zero-order valence-electron chi connectivity index (χ0n) is 10.4. The lowest BCUT2D eigenvalue weighted by molar-refractivity contribution is -0.147. The van der Waals surface area contributed by atoms with Crippen molar-refractivity contribution in [3.63, 3.8) is 0 Å². The molecule has 0 unspecified atom stereocenters. The van der Waals surface area contributed by atoms with E-state index in [1.54, 1.807) is 18.2 Å². The molecule has 18 heavy (non-hydrogen) atoms. The third-order valence-electron chi connectivity index (χ3n) is 2.91. The van der Waals surface area contributed by atoms with Crippen LogP contribution < -0.4 is 5.73 Å². The number of benzene rings is 1. The fourth-order valence-corrected chi connectivity index (χ4v) is 1.69. The number of nitrogens with two attached hydrogens (primary N) is 1. The second-order valence-corrected chi connectivity index (χ2v) is 5.38. The van der Waals surface area contributed by atoms with Gasteiger partial charge >= 0.3 is 5.97 Å². The SMILES string of the molecule is CN(C(=O)c1ccc(Br)cc1N)C(C)(C)C(=O)O. The first kappa shape index (κ1) is 14.5. The Morgan fingerprint density at radius 3 is 2.39 bits per heavy atom. The highest BCUT2D eigenvalue weighted by Crippen LogP contribution is 2.22. The van der Waals surface area contributed by atoms with Gasteiger partial charge in [0.2, 0.25) is 0 Å². The zero-order valence-corrected chi connectivity index (χ0v) is 12.0. The summed E-state index contributed by atoms with van der Waals surface area (Å²) in [5, 5.41) is 9.09. The number of carboxylic acid groups (broad SMARTS) is 1. The first-order chi connectivity index (χ1) is 8.17. The van der Waals surface area contributed by atoms with E-state index in [4.69, 9.17) is 10.8 Å². The molecule has 5 nitrogen and oxygen atoms in total. The second-order valence-electron chi connectivity index (χ2n) is 4.46. The average Bonchev–Trinajstić information content (AvgIpc) is 2.26. The van der Waals surface area contributed by atoms with Gasteiger partial charge in [0.1, 0.15) is 5.54 Å². The number of nitrogen functional groups attached to an aromatic ring is 1. The maximum atomic E-state index is 12.2. The quantitative estimate of drug-likeness (QED) is 0.835. The van der Waals surface area contributed by atoms with E-state index >= 15 is 0 Å². The maximum absolute atomic E-state index is 12.2. The van der Waals surface area contributed by atoms with Crippen molar-refractivity contribution in [2.24, 2.45) is 0 Å². The summed E-state index contributed by atoms with van der Waals surface area (Å²) in [6.07, 6.45) is 0. The predicted octanol–water partition coefficient (Wildman–Crippen LogP) is 1.97. The first-order valence-electron chi connectivity index (χ1n) is 5.24. The third kappa shape index (κ3) is 2.64. The van der Waals surface area contributed by atoms with Crippen molar-refractivity contribution in [2.75, 3.05) is 12.8 Å². The molecule has 0 fully saturated rings. The number of rotatable bonds is 3. The van der Waals surface area contributed by atoms with Gasteiger partial charge in [-0.1, -0.05) is 15.9 Å². The lowest BCUT2D eigenvalue weighted by atomic mass is 10.0. The number of nitrogens with zero attached hydrogens (tertiary/aromatic N) is 1. The van der Waals surface area contributed by atoms with Gasteiger partial charge in [0.25, 0.3) is 5.91 Å². The zero-order chi connectivity index (χ0) is 14.1. The highest BCUT2D eigenvalue weighted by Gasteiger charge is 2.36. The molecule has 0 heterocycles. The molecular weight excluding hydrogens is 300 g/mol. The molecule has 0 radical (unpaired) electrons. The van der Waals surface area contributed by atoms with Crippen molar-refractivity contribution in [3.8, 4) is 0 Å². The van der Waals surface area contributed by atoms with E-state index in [1.807, 2.05) is 0 Å². The summed E-state index contributed by atoms with van der Waals surface area (Å²) < 4.78 is 0.761. The smallest absolute Gasteiger partial charge is 0.329 e. The number of likely N-dealkylation sites (N-methyl/N-ethyl adjacent to an activating group) is 1. The molecule has 0 aromatic heterocycles. The lowest BCUT2D eigenvalue weighted by Gasteiger charge is -2.31. The highest BCUT2D eigenvalue weighted by molar-refractivity contribution is 9.10.